The van der Waals surface area contributed by atoms with Gasteiger partial charge in [-0.3, -0.25) is 19.7 Å². The molecule has 0 saturated carbocycles. The summed E-state index contributed by atoms with van der Waals surface area (Å²) in [5, 5.41) is 16.4. The lowest BCUT2D eigenvalue weighted by Crippen LogP contribution is -2.41. The Hall–Kier alpha value is -2.64. The van der Waals surface area contributed by atoms with Crippen LogP contribution in [-0.2, 0) is 4.79 Å². The molecule has 1 aromatic rings. The molecule has 1 unspecified atom stereocenters. The van der Waals surface area contributed by atoms with Crippen LogP contribution in [0.1, 0.15) is 31.1 Å². The average molecular weight is 294 g/mol. The molecular weight excluding hydrogens is 276 g/mol. The van der Waals surface area contributed by atoms with Gasteiger partial charge in [-0.25, -0.2) is 0 Å². The van der Waals surface area contributed by atoms with Crippen LogP contribution in [0.3, 0.4) is 0 Å². The first-order valence-electron chi connectivity index (χ1n) is 6.37. The lowest BCUT2D eigenvalue weighted by molar-refractivity contribution is -0.384. The molecule has 0 fully saturated rings. The zero-order chi connectivity index (χ0) is 16.2. The van der Waals surface area contributed by atoms with Gasteiger partial charge in [-0.05, 0) is 32.9 Å². The standard InChI is InChI=1S/C13H18N4O4/c1-7(2)15-13(19)8(3)16-10-6-9(12(14)18)4-5-11(10)17(20)21/h4-8,16H,1-3H3,(H2,14,18)(H,15,19). The molecule has 0 aromatic heterocycles. The van der Waals surface area contributed by atoms with Gasteiger partial charge in [-0.15, -0.1) is 0 Å². The largest absolute Gasteiger partial charge is 0.368 e. The molecule has 0 heterocycles. The predicted molar refractivity (Wildman–Crippen MR) is 78.0 cm³/mol. The lowest BCUT2D eigenvalue weighted by atomic mass is 10.1. The van der Waals surface area contributed by atoms with Crippen LogP contribution in [0, 0.1) is 10.1 Å². The second kappa shape index (κ2) is 6.69. The Labute approximate surface area is 121 Å². The summed E-state index contributed by atoms with van der Waals surface area (Å²) < 4.78 is 0. The molecule has 0 aliphatic carbocycles. The number of nitrogens with one attached hydrogen (secondary N) is 2. The maximum Gasteiger partial charge on any atom is 0.292 e. The Bertz CT molecular complexity index is 571. The Morgan fingerprint density at radius 1 is 1.29 bits per heavy atom. The molecule has 8 heteroatoms. The first-order chi connectivity index (χ1) is 9.72. The third kappa shape index (κ3) is 4.44. The second-order valence-electron chi connectivity index (χ2n) is 4.88. The van der Waals surface area contributed by atoms with Crippen molar-refractivity contribution in [1.29, 1.82) is 0 Å². The molecule has 1 aromatic carbocycles. The SMILES string of the molecule is CC(C)NC(=O)C(C)Nc1cc(C(N)=O)ccc1[N+](=O)[O-]. The van der Waals surface area contributed by atoms with E-state index in [2.05, 4.69) is 10.6 Å². The molecule has 0 spiro atoms. The number of nitrogens with zero attached hydrogens (tertiary/aromatic N) is 1. The zero-order valence-corrected chi connectivity index (χ0v) is 12.0. The van der Waals surface area contributed by atoms with E-state index >= 15 is 0 Å². The summed E-state index contributed by atoms with van der Waals surface area (Å²) >= 11 is 0. The predicted octanol–water partition coefficient (Wildman–Crippen LogP) is 1.02. The highest BCUT2D eigenvalue weighted by Gasteiger charge is 2.20. The number of rotatable bonds is 6. The molecule has 0 radical (unpaired) electrons. The third-order valence-electron chi connectivity index (χ3n) is 2.67. The summed E-state index contributed by atoms with van der Waals surface area (Å²) in [5.41, 5.74) is 5.11. The maximum absolute atomic E-state index is 11.8. The van der Waals surface area contributed by atoms with E-state index in [1.165, 1.54) is 18.2 Å². The Kier molecular flexibility index (Phi) is 5.23. The topological polar surface area (TPSA) is 127 Å². The van der Waals surface area contributed by atoms with Gasteiger partial charge in [0.15, 0.2) is 0 Å². The number of nitro groups is 1. The molecule has 21 heavy (non-hydrogen) atoms. The van der Waals surface area contributed by atoms with Gasteiger partial charge >= 0.3 is 0 Å². The van der Waals surface area contributed by atoms with Crippen molar-refractivity contribution in [2.45, 2.75) is 32.9 Å². The van der Waals surface area contributed by atoms with E-state index in [0.717, 1.165) is 0 Å². The number of primary amides is 1. The first kappa shape index (κ1) is 16.4. The fraction of sp³-hybridized carbons (Fsp3) is 0.385. The number of carbonyl (C=O) groups excluding carboxylic acids is 2. The highest BCUT2D eigenvalue weighted by molar-refractivity contribution is 5.95. The van der Waals surface area contributed by atoms with Gasteiger partial charge in [0.2, 0.25) is 11.8 Å². The van der Waals surface area contributed by atoms with Gasteiger partial charge in [0.1, 0.15) is 11.7 Å². The molecule has 0 bridgehead atoms. The van der Waals surface area contributed by atoms with E-state index in [0.29, 0.717) is 0 Å². The van der Waals surface area contributed by atoms with Gasteiger partial charge in [0.25, 0.3) is 5.69 Å². The molecule has 8 nitrogen and oxygen atoms in total. The fourth-order valence-corrected chi connectivity index (χ4v) is 1.67. The van der Waals surface area contributed by atoms with Gasteiger partial charge in [-0.2, -0.15) is 0 Å². The van der Waals surface area contributed by atoms with E-state index in [9.17, 15) is 19.7 Å². The number of nitrogens with two attached hydrogens (primary N) is 1. The van der Waals surface area contributed by atoms with Crippen molar-refractivity contribution in [3.63, 3.8) is 0 Å². The third-order valence-corrected chi connectivity index (χ3v) is 2.67. The normalized spacial score (nSPS) is 11.8. The van der Waals surface area contributed by atoms with Crippen molar-refractivity contribution in [2.24, 2.45) is 5.73 Å². The molecule has 0 aliphatic heterocycles. The first-order valence-corrected chi connectivity index (χ1v) is 6.37. The number of nitro benzene ring substituents is 1. The van der Waals surface area contributed by atoms with Gasteiger partial charge in [0, 0.05) is 17.7 Å². The molecule has 0 aliphatic rings. The average Bonchev–Trinajstić information content (AvgIpc) is 2.37. The number of carbonyl (C=O) groups is 2. The smallest absolute Gasteiger partial charge is 0.292 e. The van der Waals surface area contributed by atoms with Gasteiger partial charge in [-0.1, -0.05) is 0 Å². The summed E-state index contributed by atoms with van der Waals surface area (Å²) in [6, 6.07) is 2.96. The molecule has 1 atom stereocenters. The van der Waals surface area contributed by atoms with Crippen LogP contribution < -0.4 is 16.4 Å². The molecule has 1 rings (SSSR count). The van der Waals surface area contributed by atoms with Gasteiger partial charge < -0.3 is 16.4 Å². The van der Waals surface area contributed by atoms with E-state index in [4.69, 9.17) is 5.73 Å². The van der Waals surface area contributed by atoms with Crippen molar-refractivity contribution in [3.8, 4) is 0 Å². The van der Waals surface area contributed by atoms with Crippen LogP contribution in [0.5, 0.6) is 0 Å². The van der Waals surface area contributed by atoms with Crippen molar-refractivity contribution < 1.29 is 14.5 Å². The summed E-state index contributed by atoms with van der Waals surface area (Å²) in [5.74, 6) is -1.00. The number of amides is 2. The van der Waals surface area contributed by atoms with Gasteiger partial charge in [0.05, 0.1) is 4.92 Å². The molecule has 0 saturated heterocycles. The molecule has 114 valence electrons. The lowest BCUT2D eigenvalue weighted by Gasteiger charge is -2.17. The number of hydrogen-bond donors (Lipinski definition) is 3. The minimum absolute atomic E-state index is 0.0475. The van der Waals surface area contributed by atoms with Crippen LogP contribution in [0.25, 0.3) is 0 Å². The van der Waals surface area contributed by atoms with Crippen molar-refractivity contribution in [3.05, 3.63) is 33.9 Å². The zero-order valence-electron chi connectivity index (χ0n) is 12.0. The Morgan fingerprint density at radius 3 is 2.38 bits per heavy atom. The van der Waals surface area contributed by atoms with E-state index in [-0.39, 0.29) is 28.9 Å². The quantitative estimate of drug-likeness (QED) is 0.533. The van der Waals surface area contributed by atoms with E-state index in [1.54, 1.807) is 20.8 Å². The highest BCUT2D eigenvalue weighted by Crippen LogP contribution is 2.26. The minimum atomic E-state index is -0.702. The Balaban J connectivity index is 3.04. The molecular formula is C13H18N4O4. The van der Waals surface area contributed by atoms with Crippen molar-refractivity contribution >= 4 is 23.2 Å². The van der Waals surface area contributed by atoms with E-state index < -0.39 is 16.9 Å². The molecule has 4 N–H and O–H groups in total. The van der Waals surface area contributed by atoms with Crippen LogP contribution in [0.2, 0.25) is 0 Å². The van der Waals surface area contributed by atoms with Crippen LogP contribution in [-0.4, -0.2) is 28.8 Å². The number of hydrogen-bond acceptors (Lipinski definition) is 5. The fourth-order valence-electron chi connectivity index (χ4n) is 1.67. The summed E-state index contributed by atoms with van der Waals surface area (Å²) in [6.07, 6.45) is 0. The number of benzene rings is 1. The van der Waals surface area contributed by atoms with Crippen LogP contribution >= 0.6 is 0 Å². The molecule has 2 amide bonds. The van der Waals surface area contributed by atoms with Crippen molar-refractivity contribution in [1.82, 2.24) is 5.32 Å². The monoisotopic (exact) mass is 294 g/mol. The van der Waals surface area contributed by atoms with Crippen molar-refractivity contribution in [2.75, 3.05) is 5.32 Å². The summed E-state index contributed by atoms with van der Waals surface area (Å²) in [6.45, 7) is 5.18. The van der Waals surface area contributed by atoms with Crippen LogP contribution in [0.15, 0.2) is 18.2 Å². The maximum atomic E-state index is 11.8. The van der Waals surface area contributed by atoms with E-state index in [1.807, 2.05) is 0 Å². The minimum Gasteiger partial charge on any atom is -0.368 e. The number of anilines is 1. The second-order valence-corrected chi connectivity index (χ2v) is 4.88. The summed E-state index contributed by atoms with van der Waals surface area (Å²) in [7, 11) is 0. The summed E-state index contributed by atoms with van der Waals surface area (Å²) in [4.78, 5) is 33.4. The Morgan fingerprint density at radius 2 is 1.90 bits per heavy atom. The van der Waals surface area contributed by atoms with Crippen LogP contribution in [0.4, 0.5) is 11.4 Å². The highest BCUT2D eigenvalue weighted by atomic mass is 16.6.